The zero-order valence-corrected chi connectivity index (χ0v) is 15.9. The molecule has 0 saturated carbocycles. The van der Waals surface area contributed by atoms with Crippen LogP contribution in [0, 0.1) is 10.1 Å². The van der Waals surface area contributed by atoms with E-state index in [0.717, 1.165) is 0 Å². The Bertz CT molecular complexity index is 986. The van der Waals surface area contributed by atoms with Gasteiger partial charge in [-0.15, -0.1) is 0 Å². The normalized spacial score (nSPS) is 10.3. The number of para-hydroxylation sites is 2. The molecule has 1 N–H and O–H groups in total. The van der Waals surface area contributed by atoms with Crippen molar-refractivity contribution in [2.24, 2.45) is 0 Å². The Kier molecular flexibility index (Phi) is 6.86. The van der Waals surface area contributed by atoms with Gasteiger partial charge in [0.05, 0.1) is 4.92 Å². The smallest absolute Gasteiger partial charge is 0.271 e. The van der Waals surface area contributed by atoms with Gasteiger partial charge in [0, 0.05) is 29.2 Å². The van der Waals surface area contributed by atoms with Gasteiger partial charge in [0.2, 0.25) is 5.91 Å². The Morgan fingerprint density at radius 1 is 0.867 bits per heavy atom. The highest BCUT2D eigenvalue weighted by molar-refractivity contribution is 6.01. The van der Waals surface area contributed by atoms with Crippen LogP contribution in [0.1, 0.15) is 0 Å². The number of nitro groups is 1. The van der Waals surface area contributed by atoms with Gasteiger partial charge in [-0.25, -0.2) is 0 Å². The number of carbonyl (C=O) groups is 2. The second kappa shape index (κ2) is 9.94. The van der Waals surface area contributed by atoms with Crippen LogP contribution in [0.4, 0.5) is 22.7 Å². The fourth-order valence-corrected chi connectivity index (χ4v) is 2.78. The maximum atomic E-state index is 12.8. The first kappa shape index (κ1) is 20.7. The molecule has 0 aliphatic heterocycles. The van der Waals surface area contributed by atoms with E-state index < -0.39 is 10.8 Å². The van der Waals surface area contributed by atoms with Crippen LogP contribution in [0.2, 0.25) is 0 Å². The van der Waals surface area contributed by atoms with E-state index in [4.69, 9.17) is 4.74 Å². The number of nitrogens with one attached hydrogen (secondary N) is 1. The molecule has 0 bridgehead atoms. The van der Waals surface area contributed by atoms with E-state index in [2.05, 4.69) is 5.32 Å². The molecule has 0 radical (unpaired) electrons. The molecule has 0 saturated heterocycles. The number of anilines is 3. The Morgan fingerprint density at radius 2 is 1.47 bits per heavy atom. The van der Waals surface area contributed by atoms with Gasteiger partial charge in [0.25, 0.3) is 11.6 Å². The highest BCUT2D eigenvalue weighted by Gasteiger charge is 2.18. The van der Waals surface area contributed by atoms with Crippen molar-refractivity contribution in [3.05, 3.63) is 95.0 Å². The summed E-state index contributed by atoms with van der Waals surface area (Å²) >= 11 is 0. The zero-order valence-electron chi connectivity index (χ0n) is 15.9. The summed E-state index contributed by atoms with van der Waals surface area (Å²) in [4.78, 5) is 36.6. The number of nitrogens with zero attached hydrogens (tertiary/aromatic N) is 2. The lowest BCUT2D eigenvalue weighted by atomic mass is 10.2. The minimum Gasteiger partial charge on any atom is -0.362 e. The summed E-state index contributed by atoms with van der Waals surface area (Å²) in [7, 11) is 0. The first-order valence-corrected chi connectivity index (χ1v) is 9.10. The van der Waals surface area contributed by atoms with Crippen LogP contribution in [0.25, 0.3) is 0 Å². The molecule has 0 unspecified atom stereocenters. The predicted molar refractivity (Wildman–Crippen MR) is 113 cm³/mol. The van der Waals surface area contributed by atoms with Gasteiger partial charge >= 0.3 is 0 Å². The van der Waals surface area contributed by atoms with Crippen LogP contribution in [-0.2, 0) is 14.3 Å². The summed E-state index contributed by atoms with van der Waals surface area (Å²) in [5, 5.41) is 13.3. The standard InChI is InChI=1S/C22H19N3O5/c26-21(23-17-8-7-13-20(14-17)25(28)29)15-30-16-22(27)24(18-9-3-1-4-10-18)19-11-5-2-6-12-19/h1-14H,15-16H2,(H,23,26). The quantitative estimate of drug-likeness (QED) is 0.452. The van der Waals surface area contributed by atoms with Gasteiger partial charge in [-0.2, -0.15) is 0 Å². The van der Waals surface area contributed by atoms with Gasteiger partial charge in [0.15, 0.2) is 0 Å². The molecular weight excluding hydrogens is 386 g/mol. The van der Waals surface area contributed by atoms with Crippen LogP contribution in [0.5, 0.6) is 0 Å². The molecule has 3 aromatic rings. The molecule has 2 amide bonds. The highest BCUT2D eigenvalue weighted by atomic mass is 16.6. The molecule has 3 aromatic carbocycles. The van der Waals surface area contributed by atoms with Crippen LogP contribution < -0.4 is 10.2 Å². The molecule has 0 aliphatic carbocycles. The van der Waals surface area contributed by atoms with Crippen molar-refractivity contribution >= 4 is 34.6 Å². The molecule has 0 atom stereocenters. The lowest BCUT2D eigenvalue weighted by Crippen LogP contribution is -2.31. The fourth-order valence-electron chi connectivity index (χ4n) is 2.78. The number of carbonyl (C=O) groups excluding carboxylic acids is 2. The molecular formula is C22H19N3O5. The Balaban J connectivity index is 1.60. The van der Waals surface area contributed by atoms with Crippen molar-refractivity contribution in [2.45, 2.75) is 0 Å². The van der Waals surface area contributed by atoms with Crippen LogP contribution in [0.15, 0.2) is 84.9 Å². The number of nitro benzene ring substituents is 1. The SMILES string of the molecule is O=C(COCC(=O)N(c1ccccc1)c1ccccc1)Nc1cccc([N+](=O)[O-])c1. The summed E-state index contributed by atoms with van der Waals surface area (Å²) in [5.41, 5.74) is 1.50. The number of benzene rings is 3. The van der Waals surface area contributed by atoms with Crippen LogP contribution >= 0.6 is 0 Å². The average molecular weight is 405 g/mol. The van der Waals surface area contributed by atoms with E-state index in [-0.39, 0.29) is 30.5 Å². The largest absolute Gasteiger partial charge is 0.362 e. The van der Waals surface area contributed by atoms with Crippen LogP contribution in [-0.4, -0.2) is 30.0 Å². The number of rotatable bonds is 8. The van der Waals surface area contributed by atoms with Gasteiger partial charge in [-0.3, -0.25) is 24.6 Å². The van der Waals surface area contributed by atoms with E-state index in [9.17, 15) is 19.7 Å². The maximum Gasteiger partial charge on any atom is 0.271 e. The van der Waals surface area contributed by atoms with E-state index in [1.807, 2.05) is 36.4 Å². The molecule has 152 valence electrons. The van der Waals surface area contributed by atoms with Gasteiger partial charge in [0.1, 0.15) is 13.2 Å². The van der Waals surface area contributed by atoms with Gasteiger partial charge in [-0.1, -0.05) is 42.5 Å². The van der Waals surface area contributed by atoms with E-state index >= 15 is 0 Å². The summed E-state index contributed by atoms with van der Waals surface area (Å²) in [6.07, 6.45) is 0. The monoisotopic (exact) mass is 405 g/mol. The lowest BCUT2D eigenvalue weighted by Gasteiger charge is -2.23. The van der Waals surface area contributed by atoms with Crippen molar-refractivity contribution < 1.29 is 19.2 Å². The molecule has 3 rings (SSSR count). The molecule has 0 spiro atoms. The summed E-state index contributed by atoms with van der Waals surface area (Å²) < 4.78 is 5.29. The number of ether oxygens (including phenoxy) is 1. The fraction of sp³-hybridized carbons (Fsp3) is 0.0909. The zero-order chi connectivity index (χ0) is 21.3. The van der Waals surface area contributed by atoms with E-state index in [0.29, 0.717) is 11.4 Å². The third-order valence-corrected chi connectivity index (χ3v) is 4.08. The minimum atomic E-state index is -0.549. The molecule has 0 fully saturated rings. The Hall–Kier alpha value is -4.04. The third-order valence-electron chi connectivity index (χ3n) is 4.08. The second-order valence-electron chi connectivity index (χ2n) is 6.25. The van der Waals surface area contributed by atoms with E-state index in [1.165, 1.54) is 29.2 Å². The topological polar surface area (TPSA) is 102 Å². The second-order valence-corrected chi connectivity index (χ2v) is 6.25. The van der Waals surface area contributed by atoms with Crippen LogP contribution in [0.3, 0.4) is 0 Å². The van der Waals surface area contributed by atoms with Crippen molar-refractivity contribution in [1.82, 2.24) is 0 Å². The molecule has 8 heteroatoms. The maximum absolute atomic E-state index is 12.8. The van der Waals surface area contributed by atoms with Gasteiger partial charge < -0.3 is 10.1 Å². The molecule has 0 aromatic heterocycles. The van der Waals surface area contributed by atoms with Crippen molar-refractivity contribution in [2.75, 3.05) is 23.4 Å². The van der Waals surface area contributed by atoms with Crippen molar-refractivity contribution in [1.29, 1.82) is 0 Å². The average Bonchev–Trinajstić information content (AvgIpc) is 2.75. The first-order valence-electron chi connectivity index (χ1n) is 9.10. The summed E-state index contributed by atoms with van der Waals surface area (Å²) in [6, 6.07) is 23.8. The van der Waals surface area contributed by atoms with E-state index in [1.54, 1.807) is 24.3 Å². The minimum absolute atomic E-state index is 0.134. The van der Waals surface area contributed by atoms with Crippen molar-refractivity contribution in [3.8, 4) is 0 Å². The molecule has 30 heavy (non-hydrogen) atoms. The molecule has 8 nitrogen and oxygen atoms in total. The summed E-state index contributed by atoms with van der Waals surface area (Å²) in [5.74, 6) is -0.857. The number of non-ortho nitro benzene ring substituents is 1. The predicted octanol–water partition coefficient (Wildman–Crippen LogP) is 3.91. The highest BCUT2D eigenvalue weighted by Crippen LogP contribution is 2.25. The number of hydrogen-bond donors (Lipinski definition) is 1. The number of hydrogen-bond acceptors (Lipinski definition) is 5. The molecule has 0 heterocycles. The summed E-state index contributed by atoms with van der Waals surface area (Å²) in [6.45, 7) is -0.683. The van der Waals surface area contributed by atoms with Crippen molar-refractivity contribution in [3.63, 3.8) is 0 Å². The third kappa shape index (κ3) is 5.49. The van der Waals surface area contributed by atoms with Gasteiger partial charge in [-0.05, 0) is 30.3 Å². The number of amides is 2. The Morgan fingerprint density at radius 3 is 2.03 bits per heavy atom. The molecule has 0 aliphatic rings. The lowest BCUT2D eigenvalue weighted by molar-refractivity contribution is -0.384. The first-order chi connectivity index (χ1) is 14.5. The Labute approximate surface area is 172 Å².